The van der Waals surface area contributed by atoms with Gasteiger partial charge in [-0.15, -0.1) is 0 Å². The van der Waals surface area contributed by atoms with Crippen LogP contribution in [0.2, 0.25) is 0 Å². The van der Waals surface area contributed by atoms with E-state index in [1.54, 1.807) is 4.90 Å². The van der Waals surface area contributed by atoms with E-state index < -0.39 is 5.60 Å². The van der Waals surface area contributed by atoms with Crippen LogP contribution < -0.4 is 0 Å². The molecule has 0 saturated carbocycles. The average Bonchev–Trinajstić information content (AvgIpc) is 2.41. The summed E-state index contributed by atoms with van der Waals surface area (Å²) in [6, 6.07) is 0. The summed E-state index contributed by atoms with van der Waals surface area (Å²) >= 11 is 0. The average molecular weight is 243 g/mol. The lowest BCUT2D eigenvalue weighted by molar-refractivity contribution is 0.0227. The molecule has 1 atom stereocenters. The molecule has 17 heavy (non-hydrogen) atoms. The van der Waals surface area contributed by atoms with Gasteiger partial charge in [0.25, 0.3) is 0 Å². The molecule has 1 amide bonds. The van der Waals surface area contributed by atoms with E-state index in [0.29, 0.717) is 5.92 Å². The van der Waals surface area contributed by atoms with Crippen molar-refractivity contribution in [1.29, 1.82) is 0 Å². The summed E-state index contributed by atoms with van der Waals surface area (Å²) in [5.74, 6) is 0.412. The minimum atomic E-state index is -0.435. The largest absolute Gasteiger partial charge is 0.444 e. The van der Waals surface area contributed by atoms with Crippen molar-refractivity contribution < 1.29 is 14.6 Å². The normalized spacial score (nSPS) is 22.1. The van der Waals surface area contributed by atoms with Crippen molar-refractivity contribution >= 4 is 6.09 Å². The van der Waals surface area contributed by atoms with Crippen molar-refractivity contribution in [3.63, 3.8) is 0 Å². The minimum Gasteiger partial charge on any atom is -0.444 e. The molecule has 1 aliphatic rings. The van der Waals surface area contributed by atoms with Crippen LogP contribution in [0.15, 0.2) is 0 Å². The third-order valence-electron chi connectivity index (χ3n) is 2.96. The van der Waals surface area contributed by atoms with Crippen molar-refractivity contribution in [2.45, 2.75) is 52.1 Å². The van der Waals surface area contributed by atoms with Crippen LogP contribution in [0.3, 0.4) is 0 Å². The summed E-state index contributed by atoms with van der Waals surface area (Å²) in [5.41, 5.74) is -0.435. The van der Waals surface area contributed by atoms with E-state index in [1.807, 2.05) is 20.8 Å². The number of aliphatic hydroxyl groups is 1. The fraction of sp³-hybridized carbons (Fsp3) is 0.923. The molecular formula is C13H25NO3. The monoisotopic (exact) mass is 243 g/mol. The molecule has 1 rings (SSSR count). The van der Waals surface area contributed by atoms with Gasteiger partial charge in [0, 0.05) is 19.7 Å². The Labute approximate surface area is 104 Å². The van der Waals surface area contributed by atoms with Crippen LogP contribution in [-0.2, 0) is 4.74 Å². The van der Waals surface area contributed by atoms with Crippen molar-refractivity contribution in [1.82, 2.24) is 4.90 Å². The highest BCUT2D eigenvalue weighted by Crippen LogP contribution is 2.21. The van der Waals surface area contributed by atoms with Crippen LogP contribution in [0, 0.1) is 5.92 Å². The maximum atomic E-state index is 12.0. The molecule has 1 saturated heterocycles. The van der Waals surface area contributed by atoms with Crippen molar-refractivity contribution in [3.05, 3.63) is 0 Å². The first-order chi connectivity index (χ1) is 7.92. The number of nitrogens with zero attached hydrogens (tertiary/aromatic N) is 1. The molecule has 4 heteroatoms. The van der Waals surface area contributed by atoms with Gasteiger partial charge >= 0.3 is 6.09 Å². The number of aliphatic hydroxyl groups excluding tert-OH is 1. The molecule has 100 valence electrons. The molecule has 1 fully saturated rings. The highest BCUT2D eigenvalue weighted by atomic mass is 16.6. The smallest absolute Gasteiger partial charge is 0.410 e. The molecule has 1 heterocycles. The summed E-state index contributed by atoms with van der Waals surface area (Å²) in [6.07, 6.45) is 3.81. The lowest BCUT2D eigenvalue weighted by Gasteiger charge is -2.28. The van der Waals surface area contributed by atoms with Crippen LogP contribution in [0.5, 0.6) is 0 Å². The van der Waals surface area contributed by atoms with E-state index in [-0.39, 0.29) is 12.7 Å². The van der Waals surface area contributed by atoms with E-state index in [2.05, 4.69) is 0 Å². The number of rotatable bonds is 2. The molecule has 1 aliphatic heterocycles. The molecule has 0 aromatic carbocycles. The van der Waals surface area contributed by atoms with Gasteiger partial charge in [-0.05, 0) is 46.0 Å². The van der Waals surface area contributed by atoms with Crippen LogP contribution in [-0.4, -0.2) is 41.4 Å². The third-order valence-corrected chi connectivity index (χ3v) is 2.96. The van der Waals surface area contributed by atoms with Crippen LogP contribution in [0.25, 0.3) is 0 Å². The zero-order chi connectivity index (χ0) is 12.9. The number of likely N-dealkylation sites (tertiary alicyclic amines) is 1. The van der Waals surface area contributed by atoms with Gasteiger partial charge in [0.2, 0.25) is 0 Å². The predicted molar refractivity (Wildman–Crippen MR) is 66.9 cm³/mol. The maximum Gasteiger partial charge on any atom is 0.410 e. The number of amides is 1. The summed E-state index contributed by atoms with van der Waals surface area (Å²) < 4.78 is 5.38. The van der Waals surface area contributed by atoms with Crippen LogP contribution >= 0.6 is 0 Å². The summed E-state index contributed by atoms with van der Waals surface area (Å²) in [5, 5.41) is 8.99. The third kappa shape index (κ3) is 5.39. The van der Waals surface area contributed by atoms with E-state index in [9.17, 15) is 4.79 Å². The number of carbonyl (C=O) groups excluding carboxylic acids is 1. The molecule has 0 spiro atoms. The van der Waals surface area contributed by atoms with E-state index >= 15 is 0 Å². The quantitative estimate of drug-likeness (QED) is 0.810. The van der Waals surface area contributed by atoms with Crippen LogP contribution in [0.1, 0.15) is 46.5 Å². The van der Waals surface area contributed by atoms with Crippen LogP contribution in [0.4, 0.5) is 4.79 Å². The molecule has 0 unspecified atom stereocenters. The van der Waals surface area contributed by atoms with Gasteiger partial charge in [-0.1, -0.05) is 6.42 Å². The van der Waals surface area contributed by atoms with Gasteiger partial charge in [0.05, 0.1) is 0 Å². The first kappa shape index (κ1) is 14.3. The zero-order valence-electron chi connectivity index (χ0n) is 11.2. The zero-order valence-corrected chi connectivity index (χ0v) is 11.2. The van der Waals surface area contributed by atoms with Crippen molar-refractivity contribution in [2.75, 3.05) is 19.7 Å². The highest BCUT2D eigenvalue weighted by molar-refractivity contribution is 5.68. The van der Waals surface area contributed by atoms with Gasteiger partial charge in [-0.25, -0.2) is 4.79 Å². The van der Waals surface area contributed by atoms with Gasteiger partial charge in [0.15, 0.2) is 0 Å². The molecular weight excluding hydrogens is 218 g/mol. The number of hydrogen-bond acceptors (Lipinski definition) is 3. The highest BCUT2D eigenvalue weighted by Gasteiger charge is 2.25. The second-order valence-electron chi connectivity index (χ2n) is 5.80. The van der Waals surface area contributed by atoms with Gasteiger partial charge in [-0.2, -0.15) is 0 Å². The Morgan fingerprint density at radius 2 is 2.12 bits per heavy atom. The fourth-order valence-electron chi connectivity index (χ4n) is 2.14. The molecule has 0 aromatic rings. The maximum absolute atomic E-state index is 12.0. The van der Waals surface area contributed by atoms with Crippen molar-refractivity contribution in [3.8, 4) is 0 Å². The SMILES string of the molecule is CC(C)(C)OC(=O)N1CCCC[C@H](CCO)C1. The Morgan fingerprint density at radius 3 is 2.71 bits per heavy atom. The van der Waals surface area contributed by atoms with E-state index in [0.717, 1.165) is 38.8 Å². The lowest BCUT2D eigenvalue weighted by atomic mass is 10.0. The molecule has 0 bridgehead atoms. The first-order valence-electron chi connectivity index (χ1n) is 6.51. The molecule has 0 radical (unpaired) electrons. The summed E-state index contributed by atoms with van der Waals surface area (Å²) in [4.78, 5) is 13.7. The second-order valence-corrected chi connectivity index (χ2v) is 5.80. The van der Waals surface area contributed by atoms with E-state index in [4.69, 9.17) is 9.84 Å². The lowest BCUT2D eigenvalue weighted by Crippen LogP contribution is -2.39. The Bertz CT molecular complexity index is 248. The van der Waals surface area contributed by atoms with Gasteiger partial charge in [-0.3, -0.25) is 0 Å². The molecule has 0 aromatic heterocycles. The predicted octanol–water partition coefficient (Wildman–Crippen LogP) is 2.41. The standard InChI is InChI=1S/C13H25NO3/c1-13(2,3)17-12(16)14-8-5-4-6-11(10-14)7-9-15/h11,15H,4-10H2,1-3H3/t11-/m1/s1. The van der Waals surface area contributed by atoms with Gasteiger partial charge in [0.1, 0.15) is 5.60 Å². The molecule has 0 aliphatic carbocycles. The van der Waals surface area contributed by atoms with Crippen molar-refractivity contribution in [2.24, 2.45) is 5.92 Å². The Hall–Kier alpha value is -0.770. The minimum absolute atomic E-state index is 0.201. The Kier molecular flexibility index (Phi) is 5.25. The fourth-order valence-corrected chi connectivity index (χ4v) is 2.14. The Morgan fingerprint density at radius 1 is 1.41 bits per heavy atom. The number of carbonyl (C=O) groups is 1. The van der Waals surface area contributed by atoms with Gasteiger partial charge < -0.3 is 14.7 Å². The summed E-state index contributed by atoms with van der Waals surface area (Å²) in [7, 11) is 0. The Balaban J connectivity index is 2.53. The molecule has 4 nitrogen and oxygen atoms in total. The molecule has 1 N–H and O–H groups in total. The first-order valence-corrected chi connectivity index (χ1v) is 6.51. The topological polar surface area (TPSA) is 49.8 Å². The summed E-state index contributed by atoms with van der Waals surface area (Å²) in [6.45, 7) is 7.34. The number of ether oxygens (including phenoxy) is 1. The van der Waals surface area contributed by atoms with E-state index in [1.165, 1.54) is 0 Å². The second kappa shape index (κ2) is 6.24. The number of hydrogen-bond donors (Lipinski definition) is 1.